The van der Waals surface area contributed by atoms with Gasteiger partial charge in [-0.05, 0) is 31.5 Å². The summed E-state index contributed by atoms with van der Waals surface area (Å²) in [7, 11) is 0. The highest BCUT2D eigenvalue weighted by molar-refractivity contribution is 7.07. The van der Waals surface area contributed by atoms with Crippen LogP contribution in [0.2, 0.25) is 0 Å². The van der Waals surface area contributed by atoms with Crippen LogP contribution in [-0.2, 0) is 11.3 Å². The Balaban J connectivity index is 2.12. The number of benzene rings is 1. The smallest absolute Gasteiger partial charge is 0.307 e. The van der Waals surface area contributed by atoms with E-state index in [-0.39, 0.29) is 23.1 Å². The van der Waals surface area contributed by atoms with E-state index in [9.17, 15) is 14.7 Å². The second-order valence-corrected chi connectivity index (χ2v) is 5.12. The van der Waals surface area contributed by atoms with Crippen LogP contribution in [0.4, 0.5) is 5.69 Å². The van der Waals surface area contributed by atoms with Crippen molar-refractivity contribution in [2.75, 3.05) is 5.32 Å². The zero-order valence-electron chi connectivity index (χ0n) is 10.6. The van der Waals surface area contributed by atoms with Crippen molar-refractivity contribution in [1.29, 1.82) is 0 Å². The summed E-state index contributed by atoms with van der Waals surface area (Å²) in [5.41, 5.74) is 2.00. The van der Waals surface area contributed by atoms with Gasteiger partial charge in [0.1, 0.15) is 12.3 Å². The van der Waals surface area contributed by atoms with E-state index < -0.39 is 0 Å². The van der Waals surface area contributed by atoms with Crippen LogP contribution in [0.1, 0.15) is 11.3 Å². The first-order valence-electron chi connectivity index (χ1n) is 5.72. The molecule has 1 aromatic carbocycles. The maximum absolute atomic E-state index is 11.8. The van der Waals surface area contributed by atoms with Gasteiger partial charge in [0.2, 0.25) is 5.91 Å². The van der Waals surface area contributed by atoms with Crippen molar-refractivity contribution in [3.05, 3.63) is 44.5 Å². The lowest BCUT2D eigenvalue weighted by molar-refractivity contribution is -0.116. The Morgan fingerprint density at radius 1 is 1.42 bits per heavy atom. The molecule has 0 aliphatic heterocycles. The number of phenolic OH excluding ortho intramolecular Hbond substituents is 1. The minimum absolute atomic E-state index is 0.0164. The normalized spacial score (nSPS) is 10.4. The predicted octanol–water partition coefficient (Wildman–Crippen LogP) is 1.87. The number of hydrogen-bond acceptors (Lipinski definition) is 4. The van der Waals surface area contributed by atoms with Crippen LogP contribution in [0, 0.1) is 13.8 Å². The number of aryl methyl sites for hydroxylation is 2. The number of aromatic nitrogens is 1. The number of carbonyl (C=O) groups is 1. The van der Waals surface area contributed by atoms with Gasteiger partial charge in [-0.15, -0.1) is 0 Å². The standard InChI is InChI=1S/C13H14N2O3S/c1-8-3-4-10(11(16)5-8)14-12(17)6-15-9(2)7-19-13(15)18/h3-5,7,16H,6H2,1-2H3,(H,14,17). The van der Waals surface area contributed by atoms with Gasteiger partial charge in [0.15, 0.2) is 0 Å². The Kier molecular flexibility index (Phi) is 3.71. The van der Waals surface area contributed by atoms with E-state index in [1.54, 1.807) is 30.5 Å². The van der Waals surface area contributed by atoms with E-state index in [0.29, 0.717) is 5.69 Å². The fourth-order valence-corrected chi connectivity index (χ4v) is 2.41. The summed E-state index contributed by atoms with van der Waals surface area (Å²) in [4.78, 5) is 23.2. The van der Waals surface area contributed by atoms with Crippen LogP contribution in [0.25, 0.3) is 0 Å². The fraction of sp³-hybridized carbons (Fsp3) is 0.231. The van der Waals surface area contributed by atoms with Crippen molar-refractivity contribution in [3.8, 4) is 5.75 Å². The highest BCUT2D eigenvalue weighted by atomic mass is 32.1. The summed E-state index contributed by atoms with van der Waals surface area (Å²) >= 11 is 1.06. The molecule has 2 N–H and O–H groups in total. The van der Waals surface area contributed by atoms with Gasteiger partial charge >= 0.3 is 4.87 Å². The van der Waals surface area contributed by atoms with Crippen LogP contribution in [0.15, 0.2) is 28.4 Å². The number of anilines is 1. The predicted molar refractivity (Wildman–Crippen MR) is 74.8 cm³/mol. The number of carbonyl (C=O) groups excluding carboxylic acids is 1. The maximum atomic E-state index is 11.8. The quantitative estimate of drug-likeness (QED) is 0.842. The molecule has 1 heterocycles. The van der Waals surface area contributed by atoms with E-state index in [2.05, 4.69) is 5.32 Å². The number of nitrogens with one attached hydrogen (secondary N) is 1. The summed E-state index contributed by atoms with van der Waals surface area (Å²) in [6, 6.07) is 4.99. The number of hydrogen-bond donors (Lipinski definition) is 2. The van der Waals surface area contributed by atoms with Crippen molar-refractivity contribution in [2.24, 2.45) is 0 Å². The molecule has 5 nitrogen and oxygen atoms in total. The average molecular weight is 278 g/mol. The highest BCUT2D eigenvalue weighted by Gasteiger charge is 2.10. The first-order valence-corrected chi connectivity index (χ1v) is 6.60. The largest absolute Gasteiger partial charge is 0.506 e. The van der Waals surface area contributed by atoms with Gasteiger partial charge in [0.25, 0.3) is 0 Å². The molecular formula is C13H14N2O3S. The molecule has 1 amide bonds. The molecule has 0 fully saturated rings. The summed E-state index contributed by atoms with van der Waals surface area (Å²) in [6.45, 7) is 3.57. The Labute approximate surface area is 114 Å². The van der Waals surface area contributed by atoms with Gasteiger partial charge < -0.3 is 10.4 Å². The Bertz CT molecular complexity index is 673. The second kappa shape index (κ2) is 5.27. The molecule has 0 radical (unpaired) electrons. The lowest BCUT2D eigenvalue weighted by atomic mass is 10.2. The summed E-state index contributed by atoms with van der Waals surface area (Å²) in [5.74, 6) is -0.328. The second-order valence-electron chi connectivity index (χ2n) is 4.30. The number of nitrogens with zero attached hydrogens (tertiary/aromatic N) is 1. The summed E-state index contributed by atoms with van der Waals surface area (Å²) in [5, 5.41) is 14.0. The van der Waals surface area contributed by atoms with Gasteiger partial charge in [-0.25, -0.2) is 0 Å². The monoisotopic (exact) mass is 278 g/mol. The average Bonchev–Trinajstić information content (AvgIpc) is 2.65. The number of amides is 1. The maximum Gasteiger partial charge on any atom is 0.307 e. The molecule has 0 saturated heterocycles. The van der Waals surface area contributed by atoms with Gasteiger partial charge in [0.05, 0.1) is 5.69 Å². The molecule has 0 spiro atoms. The first-order chi connectivity index (χ1) is 8.97. The molecular weight excluding hydrogens is 264 g/mol. The molecule has 0 bridgehead atoms. The molecule has 0 unspecified atom stereocenters. The highest BCUT2D eigenvalue weighted by Crippen LogP contribution is 2.23. The first kappa shape index (κ1) is 13.4. The summed E-state index contributed by atoms with van der Waals surface area (Å²) in [6.07, 6.45) is 0. The zero-order valence-corrected chi connectivity index (χ0v) is 11.5. The zero-order chi connectivity index (χ0) is 14.0. The van der Waals surface area contributed by atoms with Gasteiger partial charge in [-0.3, -0.25) is 14.2 Å². The SMILES string of the molecule is Cc1ccc(NC(=O)Cn2c(C)csc2=O)c(O)c1. The van der Waals surface area contributed by atoms with Crippen LogP contribution in [-0.4, -0.2) is 15.6 Å². The lowest BCUT2D eigenvalue weighted by Crippen LogP contribution is -2.25. The third-order valence-corrected chi connectivity index (χ3v) is 3.59. The Morgan fingerprint density at radius 3 is 2.74 bits per heavy atom. The lowest BCUT2D eigenvalue weighted by Gasteiger charge is -2.09. The van der Waals surface area contributed by atoms with Crippen LogP contribution >= 0.6 is 11.3 Å². The van der Waals surface area contributed by atoms with E-state index >= 15 is 0 Å². The van der Waals surface area contributed by atoms with E-state index in [4.69, 9.17) is 0 Å². The van der Waals surface area contributed by atoms with Gasteiger partial charge in [-0.1, -0.05) is 17.4 Å². The van der Waals surface area contributed by atoms with E-state index in [1.807, 2.05) is 6.92 Å². The summed E-state index contributed by atoms with van der Waals surface area (Å²) < 4.78 is 1.39. The molecule has 19 heavy (non-hydrogen) atoms. The number of aromatic hydroxyl groups is 1. The van der Waals surface area contributed by atoms with Gasteiger partial charge in [-0.2, -0.15) is 0 Å². The van der Waals surface area contributed by atoms with Crippen LogP contribution in [0.3, 0.4) is 0 Å². The van der Waals surface area contributed by atoms with Crippen molar-refractivity contribution < 1.29 is 9.90 Å². The molecule has 1 aromatic heterocycles. The van der Waals surface area contributed by atoms with Crippen molar-refractivity contribution in [2.45, 2.75) is 20.4 Å². The molecule has 0 aliphatic carbocycles. The molecule has 0 saturated carbocycles. The minimum Gasteiger partial charge on any atom is -0.506 e. The van der Waals surface area contributed by atoms with Crippen molar-refractivity contribution >= 4 is 22.9 Å². The third-order valence-electron chi connectivity index (χ3n) is 2.71. The van der Waals surface area contributed by atoms with Crippen molar-refractivity contribution in [3.63, 3.8) is 0 Å². The molecule has 2 rings (SSSR count). The topological polar surface area (TPSA) is 71.3 Å². The number of thiazole rings is 1. The molecule has 0 atom stereocenters. The minimum atomic E-state index is -0.345. The third kappa shape index (κ3) is 3.03. The van der Waals surface area contributed by atoms with Gasteiger partial charge in [0, 0.05) is 11.1 Å². The number of phenols is 1. The van der Waals surface area contributed by atoms with Crippen LogP contribution < -0.4 is 10.2 Å². The molecule has 100 valence electrons. The number of rotatable bonds is 3. The Morgan fingerprint density at radius 2 is 2.16 bits per heavy atom. The van der Waals surface area contributed by atoms with Crippen molar-refractivity contribution in [1.82, 2.24) is 4.57 Å². The van der Waals surface area contributed by atoms with Crippen LogP contribution in [0.5, 0.6) is 5.75 Å². The fourth-order valence-electron chi connectivity index (χ4n) is 1.68. The molecule has 2 aromatic rings. The molecule has 0 aliphatic rings. The van der Waals surface area contributed by atoms with E-state index in [0.717, 1.165) is 22.6 Å². The Hall–Kier alpha value is -2.08. The van der Waals surface area contributed by atoms with E-state index in [1.165, 1.54) is 4.57 Å². The molecule has 6 heteroatoms.